The molecule has 9 nitrogen and oxygen atoms in total. The Bertz CT molecular complexity index is 973. The predicted molar refractivity (Wildman–Crippen MR) is 109 cm³/mol. The van der Waals surface area contributed by atoms with E-state index in [0.717, 1.165) is 0 Å². The maximum atomic E-state index is 12.6. The van der Waals surface area contributed by atoms with Gasteiger partial charge in [-0.25, -0.2) is 5.43 Å². The van der Waals surface area contributed by atoms with E-state index >= 15 is 0 Å². The minimum absolute atomic E-state index is 0.0884. The van der Waals surface area contributed by atoms with Crippen LogP contribution < -0.4 is 25.0 Å². The van der Waals surface area contributed by atoms with Gasteiger partial charge in [-0.1, -0.05) is 19.9 Å². The molecule has 30 heavy (non-hydrogen) atoms. The maximum absolute atomic E-state index is 12.6. The zero-order chi connectivity index (χ0) is 21.7. The van der Waals surface area contributed by atoms with E-state index in [1.165, 1.54) is 13.3 Å². The van der Waals surface area contributed by atoms with Crippen molar-refractivity contribution in [1.82, 2.24) is 10.7 Å². The lowest BCUT2D eigenvalue weighted by atomic mass is 10.0. The van der Waals surface area contributed by atoms with Crippen molar-refractivity contribution >= 4 is 18.0 Å². The van der Waals surface area contributed by atoms with E-state index in [2.05, 4.69) is 15.8 Å². The van der Waals surface area contributed by atoms with Gasteiger partial charge in [0.15, 0.2) is 23.0 Å². The topological polar surface area (TPSA) is 118 Å². The van der Waals surface area contributed by atoms with Crippen LogP contribution in [-0.2, 0) is 4.79 Å². The maximum Gasteiger partial charge on any atom is 0.262 e. The van der Waals surface area contributed by atoms with Crippen LogP contribution >= 0.6 is 0 Å². The van der Waals surface area contributed by atoms with E-state index in [0.29, 0.717) is 28.4 Å². The summed E-state index contributed by atoms with van der Waals surface area (Å²) in [7, 11) is 1.44. The summed E-state index contributed by atoms with van der Waals surface area (Å²) in [5, 5.41) is 16.6. The molecule has 0 saturated heterocycles. The summed E-state index contributed by atoms with van der Waals surface area (Å²) < 4.78 is 15.5. The fourth-order valence-electron chi connectivity index (χ4n) is 2.84. The van der Waals surface area contributed by atoms with Crippen molar-refractivity contribution in [1.29, 1.82) is 0 Å². The minimum Gasteiger partial charge on any atom is -0.504 e. The molecule has 1 aliphatic rings. The number of hydrogen-bond donors (Lipinski definition) is 3. The number of phenolic OH excluding ortho intramolecular Hbond substituents is 1. The van der Waals surface area contributed by atoms with Gasteiger partial charge in [-0.2, -0.15) is 5.10 Å². The molecule has 3 N–H and O–H groups in total. The third-order valence-corrected chi connectivity index (χ3v) is 4.50. The Morgan fingerprint density at radius 1 is 1.20 bits per heavy atom. The van der Waals surface area contributed by atoms with Crippen LogP contribution in [0.25, 0.3) is 0 Å². The number of carbonyl (C=O) groups is 2. The van der Waals surface area contributed by atoms with Crippen molar-refractivity contribution in [3.63, 3.8) is 0 Å². The number of hydrazone groups is 1. The summed E-state index contributed by atoms with van der Waals surface area (Å²) in [6.45, 7) is 3.72. The molecule has 3 rings (SSSR count). The Morgan fingerprint density at radius 2 is 1.97 bits per heavy atom. The van der Waals surface area contributed by atoms with Crippen LogP contribution in [-0.4, -0.2) is 43.1 Å². The number of carbonyl (C=O) groups excluding carboxylic acids is 2. The van der Waals surface area contributed by atoms with E-state index in [1.54, 1.807) is 36.4 Å². The number of aromatic hydroxyl groups is 1. The van der Waals surface area contributed by atoms with Crippen LogP contribution in [0.4, 0.5) is 0 Å². The number of nitrogens with zero attached hydrogens (tertiary/aromatic N) is 1. The molecule has 1 atom stereocenters. The van der Waals surface area contributed by atoms with Crippen molar-refractivity contribution < 1.29 is 28.9 Å². The van der Waals surface area contributed by atoms with Crippen LogP contribution in [0.15, 0.2) is 41.5 Å². The normalized spacial score (nSPS) is 13.3. The molecule has 1 aliphatic heterocycles. The van der Waals surface area contributed by atoms with Crippen LogP contribution in [0, 0.1) is 5.92 Å². The SMILES string of the molecule is COc1cccc(/C=N/NC(=O)C(NC(=O)c2ccc3c(c2)OCO3)C(C)C)c1O. The van der Waals surface area contributed by atoms with Crippen LogP contribution in [0.2, 0.25) is 0 Å². The fourth-order valence-corrected chi connectivity index (χ4v) is 2.84. The Morgan fingerprint density at radius 3 is 2.70 bits per heavy atom. The van der Waals surface area contributed by atoms with Crippen molar-refractivity contribution in [3.05, 3.63) is 47.5 Å². The van der Waals surface area contributed by atoms with Crippen molar-refractivity contribution in [3.8, 4) is 23.0 Å². The van der Waals surface area contributed by atoms with Crippen LogP contribution in [0.5, 0.6) is 23.0 Å². The average Bonchev–Trinajstić information content (AvgIpc) is 3.20. The molecule has 0 bridgehead atoms. The molecule has 0 fully saturated rings. The van der Waals surface area contributed by atoms with Gasteiger partial charge in [-0.3, -0.25) is 9.59 Å². The number of amides is 2. The molecule has 2 amide bonds. The smallest absolute Gasteiger partial charge is 0.262 e. The molecule has 1 heterocycles. The highest BCUT2D eigenvalue weighted by atomic mass is 16.7. The number of ether oxygens (including phenoxy) is 3. The number of nitrogens with one attached hydrogen (secondary N) is 2. The molecule has 0 spiro atoms. The van der Waals surface area contributed by atoms with Gasteiger partial charge in [0.1, 0.15) is 6.04 Å². The summed E-state index contributed by atoms with van der Waals surface area (Å²) in [5.41, 5.74) is 3.12. The lowest BCUT2D eigenvalue weighted by Crippen LogP contribution is -2.48. The number of fused-ring (bicyclic) bond motifs is 1. The summed E-state index contributed by atoms with van der Waals surface area (Å²) in [4.78, 5) is 25.2. The fraction of sp³-hybridized carbons (Fsp3) is 0.286. The van der Waals surface area contributed by atoms with Gasteiger partial charge in [0.25, 0.3) is 11.8 Å². The lowest BCUT2D eigenvalue weighted by molar-refractivity contribution is -0.123. The highest BCUT2D eigenvalue weighted by molar-refractivity contribution is 5.98. The monoisotopic (exact) mass is 413 g/mol. The van der Waals surface area contributed by atoms with Gasteiger partial charge in [-0.05, 0) is 36.2 Å². The largest absolute Gasteiger partial charge is 0.504 e. The number of para-hydroxylation sites is 1. The zero-order valence-electron chi connectivity index (χ0n) is 16.8. The first-order valence-electron chi connectivity index (χ1n) is 9.30. The summed E-state index contributed by atoms with van der Waals surface area (Å²) >= 11 is 0. The van der Waals surface area contributed by atoms with Gasteiger partial charge >= 0.3 is 0 Å². The molecule has 0 radical (unpaired) electrons. The third-order valence-electron chi connectivity index (χ3n) is 4.50. The average molecular weight is 413 g/mol. The molecule has 0 saturated carbocycles. The highest BCUT2D eigenvalue weighted by Crippen LogP contribution is 2.32. The molecule has 9 heteroatoms. The Kier molecular flexibility index (Phi) is 6.41. The molecule has 2 aromatic rings. The summed E-state index contributed by atoms with van der Waals surface area (Å²) in [5.74, 6) is 0.157. The Hall–Kier alpha value is -3.75. The van der Waals surface area contributed by atoms with E-state index in [1.807, 2.05) is 13.8 Å². The third kappa shape index (κ3) is 4.62. The highest BCUT2D eigenvalue weighted by Gasteiger charge is 2.25. The molecule has 2 aromatic carbocycles. The second kappa shape index (κ2) is 9.17. The summed E-state index contributed by atoms with van der Waals surface area (Å²) in [6.07, 6.45) is 1.30. The number of hydrogen-bond acceptors (Lipinski definition) is 7. The molecule has 158 valence electrons. The molecular weight excluding hydrogens is 390 g/mol. The first-order valence-corrected chi connectivity index (χ1v) is 9.30. The van der Waals surface area contributed by atoms with Gasteiger partial charge in [0, 0.05) is 11.1 Å². The number of benzene rings is 2. The minimum atomic E-state index is -0.820. The van der Waals surface area contributed by atoms with E-state index in [-0.39, 0.29) is 18.5 Å². The van der Waals surface area contributed by atoms with Crippen molar-refractivity contribution in [2.75, 3.05) is 13.9 Å². The summed E-state index contributed by atoms with van der Waals surface area (Å²) in [6, 6.07) is 8.90. The standard InChI is InChI=1S/C21H23N3O6/c1-12(2)18(23-20(26)13-7-8-15-17(9-13)30-11-29-15)21(27)24-22-10-14-5-4-6-16(28-3)19(14)25/h4-10,12,18,25H,11H2,1-3H3,(H,23,26)(H,24,27)/b22-10+. The van der Waals surface area contributed by atoms with E-state index in [4.69, 9.17) is 14.2 Å². The van der Waals surface area contributed by atoms with Gasteiger partial charge in [0.2, 0.25) is 6.79 Å². The van der Waals surface area contributed by atoms with E-state index < -0.39 is 17.9 Å². The molecular formula is C21H23N3O6. The molecule has 0 aromatic heterocycles. The quantitative estimate of drug-likeness (QED) is 0.472. The van der Waals surface area contributed by atoms with Crippen molar-refractivity contribution in [2.45, 2.75) is 19.9 Å². The van der Waals surface area contributed by atoms with E-state index in [9.17, 15) is 14.7 Å². The molecule has 1 unspecified atom stereocenters. The first-order chi connectivity index (χ1) is 14.4. The van der Waals surface area contributed by atoms with Gasteiger partial charge in [0.05, 0.1) is 13.3 Å². The number of methoxy groups -OCH3 is 1. The van der Waals surface area contributed by atoms with Gasteiger partial charge in [-0.15, -0.1) is 0 Å². The van der Waals surface area contributed by atoms with Crippen molar-refractivity contribution in [2.24, 2.45) is 11.0 Å². The predicted octanol–water partition coefficient (Wildman–Crippen LogP) is 2.03. The van der Waals surface area contributed by atoms with Crippen LogP contribution in [0.1, 0.15) is 29.8 Å². The zero-order valence-corrected chi connectivity index (χ0v) is 16.8. The Labute approximate surface area is 173 Å². The second-order valence-electron chi connectivity index (χ2n) is 6.90. The number of rotatable bonds is 7. The number of phenols is 1. The first kappa shape index (κ1) is 21.0. The molecule has 0 aliphatic carbocycles. The lowest BCUT2D eigenvalue weighted by Gasteiger charge is -2.20. The van der Waals surface area contributed by atoms with Gasteiger partial charge < -0.3 is 24.6 Å². The second-order valence-corrected chi connectivity index (χ2v) is 6.90. The van der Waals surface area contributed by atoms with Crippen LogP contribution in [0.3, 0.4) is 0 Å². The Balaban J connectivity index is 1.65.